The Morgan fingerprint density at radius 1 is 0.677 bits per heavy atom. The van der Waals surface area contributed by atoms with Gasteiger partial charge in [0.2, 0.25) is 17.7 Å². The molecule has 0 radical (unpaired) electrons. The predicted molar refractivity (Wildman–Crippen MR) is 223 cm³/mol. The zero-order valence-electron chi connectivity index (χ0n) is 36.4. The second-order valence-corrected chi connectivity index (χ2v) is 17.1. The molecule has 0 saturated heterocycles. The van der Waals surface area contributed by atoms with Gasteiger partial charge in [0.25, 0.3) is 0 Å². The fourth-order valence-corrected chi connectivity index (χ4v) is 5.42. The van der Waals surface area contributed by atoms with Crippen LogP contribution < -0.4 is 32.0 Å². The number of hydrazine groups is 1. The van der Waals surface area contributed by atoms with E-state index in [4.69, 9.17) is 14.2 Å². The number of benzene rings is 2. The number of fused-ring (bicyclic) bond motifs is 1. The van der Waals surface area contributed by atoms with Crippen LogP contribution in [0.1, 0.15) is 79.9 Å². The third-order valence-corrected chi connectivity index (χ3v) is 7.99. The van der Waals surface area contributed by atoms with Gasteiger partial charge in [-0.25, -0.2) is 19.4 Å². The molecule has 2 atom stereocenters. The van der Waals surface area contributed by atoms with Crippen molar-refractivity contribution in [2.75, 3.05) is 31.5 Å². The smallest absolute Gasteiger partial charge is 0.416 e. The molecule has 0 saturated carbocycles. The molecule has 62 heavy (non-hydrogen) atoms. The molecular weight excluding hydrogens is 818 g/mol. The minimum atomic E-state index is -4.62. The summed E-state index contributed by atoms with van der Waals surface area (Å²) in [6.07, 6.45) is -6.76. The van der Waals surface area contributed by atoms with Gasteiger partial charge >= 0.3 is 24.5 Å². The number of carbonyl (C=O) groups is 6. The van der Waals surface area contributed by atoms with Crippen LogP contribution in [0.5, 0.6) is 0 Å². The first-order chi connectivity index (χ1) is 28.7. The first kappa shape index (κ1) is 50.2. The lowest BCUT2D eigenvalue weighted by Crippen LogP contribution is -2.56. The van der Waals surface area contributed by atoms with E-state index in [0.717, 1.165) is 12.1 Å². The maximum atomic E-state index is 14.1. The maximum Gasteiger partial charge on any atom is 0.416 e. The number of aromatic nitrogens is 1. The lowest BCUT2D eigenvalue weighted by atomic mass is 10.0. The highest BCUT2D eigenvalue weighted by Crippen LogP contribution is 2.29. The van der Waals surface area contributed by atoms with Gasteiger partial charge in [0.05, 0.1) is 29.4 Å². The van der Waals surface area contributed by atoms with Crippen LogP contribution in [-0.4, -0.2) is 101 Å². The number of alkyl halides is 3. The molecule has 0 aliphatic heterocycles. The van der Waals surface area contributed by atoms with Crippen LogP contribution >= 0.6 is 0 Å². The van der Waals surface area contributed by atoms with E-state index < -0.39 is 83.0 Å². The Hall–Kier alpha value is -6.18. The number of carbonyl (C=O) groups excluding carboxylic acids is 6. The predicted octanol–water partition coefficient (Wildman–Crippen LogP) is 5.59. The highest BCUT2D eigenvalue weighted by atomic mass is 19.4. The normalized spacial score (nSPS) is 13.0. The number of ether oxygens (including phenoxy) is 3. The third kappa shape index (κ3) is 19.0. The number of anilines is 1. The summed E-state index contributed by atoms with van der Waals surface area (Å²) in [5.41, 5.74) is 0.255. The van der Waals surface area contributed by atoms with Crippen molar-refractivity contribution in [1.29, 1.82) is 0 Å². The summed E-state index contributed by atoms with van der Waals surface area (Å²) in [6, 6.07) is 9.64. The fourth-order valence-electron chi connectivity index (χ4n) is 5.42. The van der Waals surface area contributed by atoms with Crippen molar-refractivity contribution >= 4 is 52.6 Å². The van der Waals surface area contributed by atoms with E-state index in [-0.39, 0.29) is 43.9 Å². The van der Waals surface area contributed by atoms with E-state index >= 15 is 0 Å². The second kappa shape index (κ2) is 21.6. The average Bonchev–Trinajstić information content (AvgIpc) is 3.11. The highest BCUT2D eigenvalue weighted by Gasteiger charge is 2.33. The van der Waals surface area contributed by atoms with Crippen LogP contribution in [0, 0.1) is 0 Å². The molecule has 6 N–H and O–H groups in total. The molecule has 1 heterocycles. The molecule has 17 nitrogen and oxygen atoms in total. The standard InChI is InChI=1S/C42H57F3N8O9/c1-39(2,3)60-36(57)46-18-20-53(21-19-47-37(58)61-40(4,5)6)52-33(54)24-32(51-38(59)62-41(7,8)9)35(56)50-31(22-26-14-16-28(17-15-26)42(43,44)45)34(55)49-29-23-27-12-10-11-13-30(27)48-25-29/h10-17,23,25,31-32H,18-22,24H2,1-9H3,(H,46,57)(H,47,58)(H,49,55)(H,50,56)(H,51,59)(H,52,54)/t31-,32-/m0/s1. The van der Waals surface area contributed by atoms with E-state index in [2.05, 4.69) is 37.0 Å². The van der Waals surface area contributed by atoms with Gasteiger partial charge in [-0.1, -0.05) is 30.3 Å². The van der Waals surface area contributed by atoms with Crippen molar-refractivity contribution in [3.63, 3.8) is 0 Å². The number of rotatable bonds is 16. The van der Waals surface area contributed by atoms with Crippen molar-refractivity contribution in [2.45, 2.75) is 110 Å². The van der Waals surface area contributed by atoms with Gasteiger partial charge in [-0.3, -0.25) is 24.8 Å². The quantitative estimate of drug-likeness (QED) is 0.0771. The molecule has 1 aromatic heterocycles. The number of alkyl carbamates (subject to hydrolysis) is 3. The zero-order chi connectivity index (χ0) is 46.5. The Morgan fingerprint density at radius 2 is 1.21 bits per heavy atom. The van der Waals surface area contributed by atoms with E-state index in [1.807, 2.05) is 0 Å². The molecule has 2 aromatic carbocycles. The Morgan fingerprint density at radius 3 is 1.74 bits per heavy atom. The van der Waals surface area contributed by atoms with Crippen molar-refractivity contribution < 1.29 is 56.1 Å². The summed E-state index contributed by atoms with van der Waals surface area (Å²) in [7, 11) is 0. The Labute approximate surface area is 358 Å². The van der Waals surface area contributed by atoms with Gasteiger partial charge in [-0.2, -0.15) is 13.2 Å². The summed E-state index contributed by atoms with van der Waals surface area (Å²) in [6.45, 7) is 14.7. The monoisotopic (exact) mass is 874 g/mol. The Bertz CT molecular complexity index is 1990. The van der Waals surface area contributed by atoms with E-state index in [1.165, 1.54) is 23.3 Å². The molecule has 0 bridgehead atoms. The number of hydrogen-bond donors (Lipinski definition) is 6. The van der Waals surface area contributed by atoms with E-state index in [1.54, 1.807) is 92.6 Å². The van der Waals surface area contributed by atoms with Crippen LogP contribution in [0.25, 0.3) is 10.9 Å². The summed E-state index contributed by atoms with van der Waals surface area (Å²) < 4.78 is 55.9. The van der Waals surface area contributed by atoms with Crippen molar-refractivity contribution in [2.24, 2.45) is 0 Å². The summed E-state index contributed by atoms with van der Waals surface area (Å²) >= 11 is 0. The fraction of sp³-hybridized carbons (Fsp3) is 0.500. The number of hydrogen-bond acceptors (Lipinski definition) is 11. The van der Waals surface area contributed by atoms with Crippen LogP contribution in [0.3, 0.4) is 0 Å². The molecule has 3 aromatic rings. The minimum absolute atomic E-state index is 0.0175. The van der Waals surface area contributed by atoms with Crippen LogP contribution in [-0.2, 0) is 41.2 Å². The molecule has 20 heteroatoms. The first-order valence-corrected chi connectivity index (χ1v) is 19.8. The van der Waals surface area contributed by atoms with Gasteiger partial charge in [0, 0.05) is 38.0 Å². The zero-order valence-corrected chi connectivity index (χ0v) is 36.4. The topological polar surface area (TPSA) is 218 Å². The number of halogens is 3. The SMILES string of the molecule is CC(C)(C)OC(=O)NCCN(CCNC(=O)OC(C)(C)C)NC(=O)C[C@H](NC(=O)OC(C)(C)C)C(=O)N[C@@H](Cc1ccc(C(F)(F)F)cc1)C(=O)Nc1cnc2ccccc2c1. The second-order valence-electron chi connectivity index (χ2n) is 17.1. The average molecular weight is 875 g/mol. The Kier molecular flexibility index (Phi) is 17.4. The van der Waals surface area contributed by atoms with Gasteiger partial charge in [-0.05, 0) is 92.1 Å². The molecule has 0 fully saturated rings. The largest absolute Gasteiger partial charge is 0.444 e. The molecule has 0 aliphatic carbocycles. The summed E-state index contributed by atoms with van der Waals surface area (Å²) in [4.78, 5) is 83.5. The molecule has 340 valence electrons. The number of pyridine rings is 1. The molecular formula is C42H57F3N8O9. The van der Waals surface area contributed by atoms with Gasteiger partial charge in [0.1, 0.15) is 28.9 Å². The van der Waals surface area contributed by atoms with Crippen molar-refractivity contribution in [1.82, 2.24) is 36.7 Å². The molecule has 0 aliphatic rings. The number of para-hydroxylation sites is 1. The van der Waals surface area contributed by atoms with Gasteiger partial charge < -0.3 is 40.8 Å². The van der Waals surface area contributed by atoms with E-state index in [9.17, 15) is 41.9 Å². The van der Waals surface area contributed by atoms with Crippen LogP contribution in [0.15, 0.2) is 60.8 Å². The third-order valence-electron chi connectivity index (χ3n) is 7.99. The summed E-state index contributed by atoms with van der Waals surface area (Å²) in [5.74, 6) is -2.61. The number of nitrogens with zero attached hydrogens (tertiary/aromatic N) is 2. The Balaban J connectivity index is 1.88. The van der Waals surface area contributed by atoms with Gasteiger partial charge in [-0.15, -0.1) is 0 Å². The number of nitrogens with one attached hydrogen (secondary N) is 6. The van der Waals surface area contributed by atoms with E-state index in [0.29, 0.717) is 10.9 Å². The highest BCUT2D eigenvalue weighted by molar-refractivity contribution is 6.00. The molecule has 3 rings (SSSR count). The van der Waals surface area contributed by atoms with Crippen molar-refractivity contribution in [3.8, 4) is 0 Å². The first-order valence-electron chi connectivity index (χ1n) is 19.8. The molecule has 0 spiro atoms. The van der Waals surface area contributed by atoms with Gasteiger partial charge in [0.15, 0.2) is 0 Å². The number of amides is 6. The van der Waals surface area contributed by atoms with Crippen molar-refractivity contribution in [3.05, 3.63) is 71.9 Å². The van der Waals surface area contributed by atoms with Crippen LogP contribution in [0.4, 0.5) is 33.2 Å². The molecule has 6 amide bonds. The lowest BCUT2D eigenvalue weighted by Gasteiger charge is -2.27. The van der Waals surface area contributed by atoms with Crippen LogP contribution in [0.2, 0.25) is 0 Å². The lowest BCUT2D eigenvalue weighted by molar-refractivity contribution is -0.137. The minimum Gasteiger partial charge on any atom is -0.444 e. The summed E-state index contributed by atoms with van der Waals surface area (Å²) in [5, 5.41) is 14.8. The maximum absolute atomic E-state index is 14.1. The molecule has 0 unspecified atom stereocenters.